The molecular weight excluding hydrogens is 184 g/mol. The highest BCUT2D eigenvalue weighted by Gasteiger charge is 2.16. The molecule has 4 heteroatoms. The third-order valence-electron chi connectivity index (χ3n) is 1.92. The van der Waals surface area contributed by atoms with E-state index in [1.54, 1.807) is 24.3 Å². The van der Waals surface area contributed by atoms with Crippen LogP contribution in [-0.4, -0.2) is 29.7 Å². The van der Waals surface area contributed by atoms with Gasteiger partial charge in [-0.2, -0.15) is 0 Å². The number of hydrogen-bond acceptors (Lipinski definition) is 4. The number of methoxy groups -OCH3 is 1. The molecule has 1 rings (SSSR count). The first-order chi connectivity index (χ1) is 6.69. The van der Waals surface area contributed by atoms with Crippen LogP contribution in [0.4, 0.5) is 0 Å². The van der Waals surface area contributed by atoms with Crippen LogP contribution in [0, 0.1) is 0 Å². The van der Waals surface area contributed by atoms with Gasteiger partial charge in [0.15, 0.2) is 6.29 Å². The summed E-state index contributed by atoms with van der Waals surface area (Å²) in [5, 5.41) is 18.5. The summed E-state index contributed by atoms with van der Waals surface area (Å²) >= 11 is 0. The van der Waals surface area contributed by atoms with E-state index in [-0.39, 0.29) is 0 Å². The molecule has 0 aliphatic heterocycles. The lowest BCUT2D eigenvalue weighted by molar-refractivity contribution is -0.120. The topological polar surface area (TPSA) is 66.8 Å². The van der Waals surface area contributed by atoms with Crippen LogP contribution in [0.2, 0.25) is 0 Å². The van der Waals surface area contributed by atoms with Crippen LogP contribution in [0.25, 0.3) is 0 Å². The molecule has 2 N–H and O–H groups in total. The summed E-state index contributed by atoms with van der Waals surface area (Å²) in [5.41, 5.74) is 0.477. The minimum absolute atomic E-state index is 0.300. The molecule has 76 valence electrons. The predicted octanol–water partition coefficient (Wildman–Crippen LogP) is 0.288. The van der Waals surface area contributed by atoms with E-state index in [2.05, 4.69) is 0 Å². The lowest BCUT2D eigenvalue weighted by Crippen LogP contribution is -2.19. The Morgan fingerprint density at radius 2 is 1.86 bits per heavy atom. The van der Waals surface area contributed by atoms with Crippen LogP contribution in [0.3, 0.4) is 0 Å². The summed E-state index contributed by atoms with van der Waals surface area (Å²) in [5.74, 6) is 0.654. The predicted molar refractivity (Wildman–Crippen MR) is 50.0 cm³/mol. The van der Waals surface area contributed by atoms with Crippen molar-refractivity contribution in [2.45, 2.75) is 12.2 Å². The lowest BCUT2D eigenvalue weighted by Gasteiger charge is -2.12. The van der Waals surface area contributed by atoms with Crippen LogP contribution >= 0.6 is 0 Å². The molecule has 0 bridgehead atoms. The average Bonchev–Trinajstić information content (AvgIpc) is 2.27. The summed E-state index contributed by atoms with van der Waals surface area (Å²) in [4.78, 5) is 10.2. The third-order valence-corrected chi connectivity index (χ3v) is 1.92. The number of carbonyl (C=O) groups excluding carboxylic acids is 1. The van der Waals surface area contributed by atoms with Gasteiger partial charge in [-0.25, -0.2) is 0 Å². The van der Waals surface area contributed by atoms with Gasteiger partial charge in [0.25, 0.3) is 0 Å². The molecule has 1 aromatic rings. The van der Waals surface area contributed by atoms with Crippen molar-refractivity contribution >= 4 is 6.29 Å². The second kappa shape index (κ2) is 4.74. The van der Waals surface area contributed by atoms with Crippen molar-refractivity contribution in [2.24, 2.45) is 0 Å². The second-order valence-corrected chi connectivity index (χ2v) is 2.84. The van der Waals surface area contributed by atoms with Crippen molar-refractivity contribution in [2.75, 3.05) is 7.11 Å². The van der Waals surface area contributed by atoms with Gasteiger partial charge in [-0.05, 0) is 17.7 Å². The third kappa shape index (κ3) is 2.31. The zero-order valence-electron chi connectivity index (χ0n) is 7.75. The number of carbonyl (C=O) groups is 1. The van der Waals surface area contributed by atoms with E-state index >= 15 is 0 Å². The molecule has 0 spiro atoms. The highest BCUT2D eigenvalue weighted by molar-refractivity contribution is 5.57. The molecule has 0 amide bonds. The van der Waals surface area contributed by atoms with E-state index in [0.29, 0.717) is 17.6 Å². The summed E-state index contributed by atoms with van der Waals surface area (Å²) in [6.07, 6.45) is -2.27. The normalized spacial score (nSPS) is 14.5. The Hall–Kier alpha value is -1.39. The van der Waals surface area contributed by atoms with Crippen LogP contribution < -0.4 is 4.74 Å². The number of hydrogen-bond donors (Lipinski definition) is 2. The number of aldehydes is 1. The molecule has 0 aliphatic rings. The molecule has 0 radical (unpaired) electrons. The van der Waals surface area contributed by atoms with Gasteiger partial charge in [-0.1, -0.05) is 12.1 Å². The van der Waals surface area contributed by atoms with E-state index in [9.17, 15) is 9.90 Å². The van der Waals surface area contributed by atoms with E-state index in [0.717, 1.165) is 0 Å². The summed E-state index contributed by atoms with van der Waals surface area (Å²) in [6, 6.07) is 6.48. The van der Waals surface area contributed by atoms with E-state index in [4.69, 9.17) is 9.84 Å². The van der Waals surface area contributed by atoms with Crippen molar-refractivity contribution < 1.29 is 19.7 Å². The minimum atomic E-state index is -1.39. The number of rotatable bonds is 4. The van der Waals surface area contributed by atoms with Crippen LogP contribution in [-0.2, 0) is 4.79 Å². The molecule has 0 heterocycles. The molecule has 0 aromatic heterocycles. The van der Waals surface area contributed by atoms with Crippen molar-refractivity contribution in [3.63, 3.8) is 0 Å². The maximum atomic E-state index is 10.2. The molecular formula is C10H12O4. The molecule has 2 atom stereocenters. The standard InChI is InChI=1S/C10H12O4/c1-14-8-4-2-7(3-5-8)10(13)9(12)6-11/h2-6,9-10,12-13H,1H3/t9-,10+/m0/s1. The number of aliphatic hydroxyl groups excluding tert-OH is 2. The van der Waals surface area contributed by atoms with Crippen molar-refractivity contribution in [1.82, 2.24) is 0 Å². The van der Waals surface area contributed by atoms with E-state index in [1.165, 1.54) is 7.11 Å². The van der Waals surface area contributed by atoms with Gasteiger partial charge < -0.3 is 19.7 Å². The molecule has 0 aliphatic carbocycles. The first-order valence-electron chi connectivity index (χ1n) is 4.14. The minimum Gasteiger partial charge on any atom is -0.497 e. The van der Waals surface area contributed by atoms with Gasteiger partial charge in [-0.15, -0.1) is 0 Å². The molecule has 0 fully saturated rings. The summed E-state index contributed by atoms with van der Waals surface area (Å²) < 4.78 is 4.92. The highest BCUT2D eigenvalue weighted by atomic mass is 16.5. The van der Waals surface area contributed by atoms with Crippen molar-refractivity contribution in [3.05, 3.63) is 29.8 Å². The number of ether oxygens (including phenoxy) is 1. The molecule has 4 nitrogen and oxygen atoms in total. The fourth-order valence-corrected chi connectivity index (χ4v) is 1.07. The van der Waals surface area contributed by atoms with Crippen molar-refractivity contribution in [3.8, 4) is 5.75 Å². The Labute approximate surface area is 81.8 Å². The summed E-state index contributed by atoms with van der Waals surface area (Å²) in [7, 11) is 1.53. The quantitative estimate of drug-likeness (QED) is 0.679. The van der Waals surface area contributed by atoms with E-state index < -0.39 is 12.2 Å². The van der Waals surface area contributed by atoms with Crippen LogP contribution in [0.15, 0.2) is 24.3 Å². The van der Waals surface area contributed by atoms with Gasteiger partial charge in [-0.3, -0.25) is 0 Å². The largest absolute Gasteiger partial charge is 0.497 e. The highest BCUT2D eigenvalue weighted by Crippen LogP contribution is 2.19. The summed E-state index contributed by atoms with van der Waals surface area (Å²) in [6.45, 7) is 0. The molecule has 0 unspecified atom stereocenters. The fraction of sp³-hybridized carbons (Fsp3) is 0.300. The van der Waals surface area contributed by atoms with Crippen LogP contribution in [0.1, 0.15) is 11.7 Å². The molecule has 1 aromatic carbocycles. The van der Waals surface area contributed by atoms with Crippen LogP contribution in [0.5, 0.6) is 5.75 Å². The second-order valence-electron chi connectivity index (χ2n) is 2.84. The first kappa shape index (κ1) is 10.7. The number of aliphatic hydroxyl groups is 2. The zero-order valence-corrected chi connectivity index (χ0v) is 7.75. The Morgan fingerprint density at radius 1 is 1.29 bits per heavy atom. The average molecular weight is 196 g/mol. The van der Waals surface area contributed by atoms with E-state index in [1.807, 2.05) is 0 Å². The maximum Gasteiger partial charge on any atom is 0.151 e. The SMILES string of the molecule is COc1ccc([C@@H](O)[C@@H](O)C=O)cc1. The zero-order chi connectivity index (χ0) is 10.6. The van der Waals surface area contributed by atoms with Gasteiger partial charge in [0.1, 0.15) is 18.0 Å². The monoisotopic (exact) mass is 196 g/mol. The number of benzene rings is 1. The Bertz CT molecular complexity index is 293. The Kier molecular flexibility index (Phi) is 3.62. The maximum absolute atomic E-state index is 10.2. The molecule has 0 saturated carbocycles. The van der Waals surface area contributed by atoms with Gasteiger partial charge in [0.2, 0.25) is 0 Å². The first-order valence-corrected chi connectivity index (χ1v) is 4.14. The van der Waals surface area contributed by atoms with Gasteiger partial charge >= 0.3 is 0 Å². The Balaban J connectivity index is 2.80. The van der Waals surface area contributed by atoms with Gasteiger partial charge in [0.05, 0.1) is 7.11 Å². The molecule has 0 saturated heterocycles. The lowest BCUT2D eigenvalue weighted by atomic mass is 10.1. The molecule has 14 heavy (non-hydrogen) atoms. The fourth-order valence-electron chi connectivity index (χ4n) is 1.07. The van der Waals surface area contributed by atoms with Crippen molar-refractivity contribution in [1.29, 1.82) is 0 Å². The smallest absolute Gasteiger partial charge is 0.151 e. The Morgan fingerprint density at radius 3 is 2.29 bits per heavy atom. The van der Waals surface area contributed by atoms with Gasteiger partial charge in [0, 0.05) is 0 Å².